The molecule has 40 heavy (non-hydrogen) atoms. The number of fused-ring (bicyclic) bond motifs is 3. The highest BCUT2D eigenvalue weighted by atomic mass is 19.4. The summed E-state index contributed by atoms with van der Waals surface area (Å²) < 4.78 is 52.9. The van der Waals surface area contributed by atoms with Crippen LogP contribution in [0.3, 0.4) is 0 Å². The van der Waals surface area contributed by atoms with Gasteiger partial charge in [-0.05, 0) is 45.0 Å². The standard InChI is InChI=1S/C29H29F3N4O4/c1-28(2,3)40-27(38)35-11-10-23-22(16-35)21-7-6-19(13-24(21)34(23)4)36-12-9-20(14-26(36)37)39-17-18-5-8-25(33-15-18)29(30,31)32/h5-9,12-15H,10-11,16-17H2,1-4H3. The van der Waals surface area contributed by atoms with Gasteiger partial charge in [-0.25, -0.2) is 4.79 Å². The molecule has 210 valence electrons. The number of aromatic nitrogens is 3. The second-order valence-electron chi connectivity index (χ2n) is 10.7. The van der Waals surface area contributed by atoms with Gasteiger partial charge in [-0.2, -0.15) is 13.2 Å². The Labute approximate surface area is 228 Å². The lowest BCUT2D eigenvalue weighted by Gasteiger charge is -2.30. The Morgan fingerprint density at radius 2 is 1.85 bits per heavy atom. The molecule has 11 heteroatoms. The number of halogens is 3. The van der Waals surface area contributed by atoms with Crippen LogP contribution in [0.5, 0.6) is 5.75 Å². The third kappa shape index (κ3) is 5.54. The fourth-order valence-corrected chi connectivity index (χ4v) is 4.80. The van der Waals surface area contributed by atoms with Crippen LogP contribution in [0.1, 0.15) is 43.3 Å². The molecule has 8 nitrogen and oxygen atoms in total. The highest BCUT2D eigenvalue weighted by Crippen LogP contribution is 2.32. The van der Waals surface area contributed by atoms with E-state index in [0.717, 1.165) is 34.4 Å². The zero-order valence-electron chi connectivity index (χ0n) is 22.6. The molecule has 3 aromatic heterocycles. The van der Waals surface area contributed by atoms with Gasteiger partial charge in [0.05, 0.1) is 17.7 Å². The smallest absolute Gasteiger partial charge is 0.433 e. The molecule has 0 saturated carbocycles. The van der Waals surface area contributed by atoms with Gasteiger partial charge in [0.25, 0.3) is 5.56 Å². The van der Waals surface area contributed by atoms with Crippen molar-refractivity contribution in [2.75, 3.05) is 6.54 Å². The van der Waals surface area contributed by atoms with E-state index >= 15 is 0 Å². The van der Waals surface area contributed by atoms with E-state index in [2.05, 4.69) is 9.55 Å². The van der Waals surface area contributed by atoms with Crippen molar-refractivity contribution in [3.63, 3.8) is 0 Å². The van der Waals surface area contributed by atoms with Crippen LogP contribution in [0.2, 0.25) is 0 Å². The van der Waals surface area contributed by atoms with E-state index in [1.54, 1.807) is 17.2 Å². The number of amides is 1. The maximum Gasteiger partial charge on any atom is 0.433 e. The number of alkyl halides is 3. The van der Waals surface area contributed by atoms with Crippen LogP contribution >= 0.6 is 0 Å². The number of carbonyl (C=O) groups is 1. The summed E-state index contributed by atoms with van der Waals surface area (Å²) in [5, 5.41) is 1.01. The fourth-order valence-electron chi connectivity index (χ4n) is 4.80. The molecule has 0 saturated heterocycles. The highest BCUT2D eigenvalue weighted by molar-refractivity contribution is 5.88. The Kier molecular flexibility index (Phi) is 6.85. The molecule has 0 spiro atoms. The largest absolute Gasteiger partial charge is 0.489 e. The van der Waals surface area contributed by atoms with Gasteiger partial charge in [-0.3, -0.25) is 14.3 Å². The number of benzene rings is 1. The van der Waals surface area contributed by atoms with Crippen LogP contribution in [0, 0.1) is 0 Å². The van der Waals surface area contributed by atoms with E-state index in [9.17, 15) is 22.8 Å². The van der Waals surface area contributed by atoms with E-state index in [4.69, 9.17) is 9.47 Å². The minimum atomic E-state index is -4.51. The predicted molar refractivity (Wildman–Crippen MR) is 142 cm³/mol. The minimum absolute atomic E-state index is 0.0320. The molecular weight excluding hydrogens is 525 g/mol. The monoisotopic (exact) mass is 554 g/mol. The third-order valence-electron chi connectivity index (χ3n) is 6.73. The number of hydrogen-bond donors (Lipinski definition) is 0. The number of aryl methyl sites for hydroxylation is 1. The average molecular weight is 555 g/mol. The number of rotatable bonds is 4. The van der Waals surface area contributed by atoms with Crippen molar-refractivity contribution >= 4 is 17.0 Å². The van der Waals surface area contributed by atoms with Crippen LogP contribution in [0.15, 0.2) is 59.7 Å². The zero-order valence-corrected chi connectivity index (χ0v) is 22.6. The Morgan fingerprint density at radius 1 is 1.07 bits per heavy atom. The lowest BCUT2D eigenvalue weighted by Crippen LogP contribution is -2.40. The molecule has 0 N–H and O–H groups in total. The van der Waals surface area contributed by atoms with Crippen molar-refractivity contribution in [3.8, 4) is 11.4 Å². The molecule has 0 aliphatic carbocycles. The van der Waals surface area contributed by atoms with Crippen molar-refractivity contribution < 1.29 is 27.4 Å². The molecule has 5 rings (SSSR count). The summed E-state index contributed by atoms with van der Waals surface area (Å²) in [5.41, 5.74) is 2.38. The van der Waals surface area contributed by atoms with Crippen molar-refractivity contribution in [1.82, 2.24) is 19.0 Å². The third-order valence-corrected chi connectivity index (χ3v) is 6.73. The quantitative estimate of drug-likeness (QED) is 0.328. The summed E-state index contributed by atoms with van der Waals surface area (Å²) in [6.07, 6.45) is -1.46. The van der Waals surface area contributed by atoms with Gasteiger partial charge in [0.2, 0.25) is 0 Å². The lowest BCUT2D eigenvalue weighted by atomic mass is 10.0. The van der Waals surface area contributed by atoms with Crippen LogP contribution in [-0.4, -0.2) is 37.3 Å². The van der Waals surface area contributed by atoms with Gasteiger partial charge >= 0.3 is 12.3 Å². The molecular formula is C29H29F3N4O4. The maximum absolute atomic E-state index is 12.9. The van der Waals surface area contributed by atoms with Crippen molar-refractivity contribution in [2.24, 2.45) is 7.05 Å². The SMILES string of the molecule is Cn1c2c(c3ccc(-n4ccc(OCc5ccc(C(F)(F)F)nc5)cc4=O)cc31)CN(C(=O)OC(C)(C)C)CC2. The zero-order chi connectivity index (χ0) is 28.8. The Bertz CT molecular complexity index is 1630. The summed E-state index contributed by atoms with van der Waals surface area (Å²) in [7, 11) is 1.98. The summed E-state index contributed by atoms with van der Waals surface area (Å²) >= 11 is 0. The number of pyridine rings is 2. The van der Waals surface area contributed by atoms with Gasteiger partial charge in [0.15, 0.2) is 0 Å². The first kappa shape index (κ1) is 27.3. The van der Waals surface area contributed by atoms with Crippen LogP contribution in [0.25, 0.3) is 16.6 Å². The van der Waals surface area contributed by atoms with Gasteiger partial charge < -0.3 is 18.9 Å². The van der Waals surface area contributed by atoms with Crippen molar-refractivity contribution in [2.45, 2.75) is 52.1 Å². The summed E-state index contributed by atoms with van der Waals surface area (Å²) in [5.74, 6) is 0.291. The molecule has 1 aliphatic heterocycles. The maximum atomic E-state index is 12.9. The highest BCUT2D eigenvalue weighted by Gasteiger charge is 2.32. The summed E-state index contributed by atoms with van der Waals surface area (Å²) in [6, 6.07) is 10.9. The second-order valence-corrected chi connectivity index (χ2v) is 10.7. The molecule has 0 radical (unpaired) electrons. The first-order chi connectivity index (χ1) is 18.8. The van der Waals surface area contributed by atoms with Crippen molar-refractivity contribution in [1.29, 1.82) is 0 Å². The molecule has 4 aromatic rings. The van der Waals surface area contributed by atoms with E-state index in [-0.39, 0.29) is 18.3 Å². The van der Waals surface area contributed by atoms with Crippen molar-refractivity contribution in [3.05, 3.63) is 87.7 Å². The van der Waals surface area contributed by atoms with Crippen LogP contribution in [0.4, 0.5) is 18.0 Å². The number of hydrogen-bond acceptors (Lipinski definition) is 5. The first-order valence-corrected chi connectivity index (χ1v) is 12.8. The van der Waals surface area contributed by atoms with E-state index in [1.165, 1.54) is 16.7 Å². The topological polar surface area (TPSA) is 78.6 Å². The Balaban J connectivity index is 1.34. The first-order valence-electron chi connectivity index (χ1n) is 12.8. The predicted octanol–water partition coefficient (Wildman–Crippen LogP) is 5.62. The van der Waals surface area contributed by atoms with Crippen LogP contribution in [-0.2, 0) is 37.5 Å². The molecule has 4 heterocycles. The fraction of sp³-hybridized carbons (Fsp3) is 0.345. The average Bonchev–Trinajstić information content (AvgIpc) is 3.17. The number of nitrogens with zero attached hydrogens (tertiary/aromatic N) is 4. The normalized spacial score (nSPS) is 13.8. The number of carbonyl (C=O) groups excluding carboxylic acids is 1. The molecule has 0 fully saturated rings. The second kappa shape index (κ2) is 10.0. The Hall–Kier alpha value is -4.28. The van der Waals surface area contributed by atoms with Gasteiger partial charge in [0.1, 0.15) is 23.7 Å². The Morgan fingerprint density at radius 3 is 2.50 bits per heavy atom. The number of ether oxygens (including phenoxy) is 2. The van der Waals surface area contributed by atoms with E-state index in [1.807, 2.05) is 46.0 Å². The van der Waals surface area contributed by atoms with Gasteiger partial charge in [-0.15, -0.1) is 0 Å². The molecule has 0 atom stereocenters. The van der Waals surface area contributed by atoms with Crippen LogP contribution < -0.4 is 10.3 Å². The molecule has 0 bridgehead atoms. The van der Waals surface area contributed by atoms with E-state index in [0.29, 0.717) is 36.5 Å². The minimum Gasteiger partial charge on any atom is -0.489 e. The van der Waals surface area contributed by atoms with Gasteiger partial charge in [-0.1, -0.05) is 12.1 Å². The van der Waals surface area contributed by atoms with E-state index < -0.39 is 17.5 Å². The summed E-state index contributed by atoms with van der Waals surface area (Å²) in [4.78, 5) is 30.7. The summed E-state index contributed by atoms with van der Waals surface area (Å²) in [6.45, 7) is 6.50. The lowest BCUT2D eigenvalue weighted by molar-refractivity contribution is -0.141. The molecule has 1 aliphatic rings. The van der Waals surface area contributed by atoms with Gasteiger partial charge in [0, 0.05) is 60.7 Å². The molecule has 1 aromatic carbocycles. The molecule has 0 unspecified atom stereocenters. The molecule has 1 amide bonds.